The molecular weight excluding hydrogens is 382 g/mol. The van der Waals surface area contributed by atoms with Gasteiger partial charge in [-0.15, -0.1) is 11.3 Å². The highest BCUT2D eigenvalue weighted by molar-refractivity contribution is 7.16. The van der Waals surface area contributed by atoms with E-state index in [2.05, 4.69) is 17.4 Å². The molecule has 1 N–H and O–H groups in total. The first-order valence-electron chi connectivity index (χ1n) is 9.85. The summed E-state index contributed by atoms with van der Waals surface area (Å²) in [5.74, 6) is -0.611. The number of thiophene rings is 1. The second-order valence-corrected chi connectivity index (χ2v) is 7.76. The van der Waals surface area contributed by atoms with Gasteiger partial charge in [0.25, 0.3) is 5.91 Å². The largest absolute Gasteiger partial charge is 0.462 e. The van der Waals surface area contributed by atoms with E-state index in [-0.39, 0.29) is 5.91 Å². The summed E-state index contributed by atoms with van der Waals surface area (Å²) in [6, 6.07) is 19.6. The lowest BCUT2D eigenvalue weighted by Gasteiger charge is -2.10. The van der Waals surface area contributed by atoms with Crippen LogP contribution >= 0.6 is 11.3 Å². The van der Waals surface area contributed by atoms with E-state index in [1.54, 1.807) is 13.0 Å². The Bertz CT molecular complexity index is 979. The Morgan fingerprint density at radius 1 is 0.931 bits per heavy atom. The van der Waals surface area contributed by atoms with Crippen LogP contribution in [0.2, 0.25) is 0 Å². The van der Waals surface area contributed by atoms with Crippen LogP contribution in [0.3, 0.4) is 0 Å². The molecule has 0 bridgehead atoms. The van der Waals surface area contributed by atoms with Crippen LogP contribution in [0, 0.1) is 0 Å². The van der Waals surface area contributed by atoms with E-state index in [1.165, 1.54) is 16.9 Å². The third-order valence-corrected chi connectivity index (χ3v) is 5.84. The van der Waals surface area contributed by atoms with Gasteiger partial charge in [-0.1, -0.05) is 55.5 Å². The standard InChI is InChI=1S/C24H25NO3S/c1-3-19-16-21(24(27)28-4-2)23(29-19)25-22(26)20-13-9-8-12-18(20)15-14-17-10-6-5-7-11-17/h5-13,16H,3-4,14-15H2,1-2H3,(H,25,26). The van der Waals surface area contributed by atoms with Crippen LogP contribution in [0.5, 0.6) is 0 Å². The van der Waals surface area contributed by atoms with E-state index < -0.39 is 5.97 Å². The fourth-order valence-electron chi connectivity index (χ4n) is 3.12. The Morgan fingerprint density at radius 2 is 1.66 bits per heavy atom. The molecule has 3 rings (SSSR count). The van der Waals surface area contributed by atoms with Crippen molar-refractivity contribution >= 4 is 28.2 Å². The van der Waals surface area contributed by atoms with Crippen molar-refractivity contribution in [2.45, 2.75) is 33.1 Å². The molecule has 0 radical (unpaired) electrons. The lowest BCUT2D eigenvalue weighted by molar-refractivity contribution is 0.0528. The highest BCUT2D eigenvalue weighted by Gasteiger charge is 2.20. The second kappa shape index (κ2) is 10.0. The highest BCUT2D eigenvalue weighted by atomic mass is 32.1. The summed E-state index contributed by atoms with van der Waals surface area (Å²) in [7, 11) is 0. The third-order valence-electron chi connectivity index (χ3n) is 4.64. The van der Waals surface area contributed by atoms with Crippen LogP contribution in [-0.2, 0) is 24.0 Å². The SMILES string of the molecule is CCOC(=O)c1cc(CC)sc1NC(=O)c1ccccc1CCc1ccccc1. The van der Waals surface area contributed by atoms with E-state index >= 15 is 0 Å². The van der Waals surface area contributed by atoms with Crippen molar-refractivity contribution in [2.75, 3.05) is 11.9 Å². The summed E-state index contributed by atoms with van der Waals surface area (Å²) in [5, 5.41) is 3.48. The molecule has 0 fully saturated rings. The smallest absolute Gasteiger partial charge is 0.341 e. The summed E-state index contributed by atoms with van der Waals surface area (Å²) in [5.41, 5.74) is 3.27. The van der Waals surface area contributed by atoms with E-state index in [9.17, 15) is 9.59 Å². The van der Waals surface area contributed by atoms with Crippen molar-refractivity contribution in [1.29, 1.82) is 0 Å². The van der Waals surface area contributed by atoms with Crippen molar-refractivity contribution in [1.82, 2.24) is 0 Å². The molecule has 4 nitrogen and oxygen atoms in total. The van der Waals surface area contributed by atoms with Gasteiger partial charge in [-0.3, -0.25) is 4.79 Å². The first-order valence-corrected chi connectivity index (χ1v) is 10.7. The van der Waals surface area contributed by atoms with Gasteiger partial charge in [0.1, 0.15) is 5.00 Å². The van der Waals surface area contributed by atoms with Gasteiger partial charge < -0.3 is 10.1 Å². The molecule has 29 heavy (non-hydrogen) atoms. The molecule has 1 heterocycles. The van der Waals surface area contributed by atoms with Crippen molar-refractivity contribution in [3.05, 3.63) is 87.8 Å². The van der Waals surface area contributed by atoms with Crippen LogP contribution in [0.25, 0.3) is 0 Å². The zero-order valence-corrected chi connectivity index (χ0v) is 17.6. The van der Waals surface area contributed by atoms with Crippen molar-refractivity contribution in [3.8, 4) is 0 Å². The van der Waals surface area contributed by atoms with Gasteiger partial charge in [0.15, 0.2) is 0 Å². The highest BCUT2D eigenvalue weighted by Crippen LogP contribution is 2.30. The van der Waals surface area contributed by atoms with Gasteiger partial charge in [-0.25, -0.2) is 4.79 Å². The lowest BCUT2D eigenvalue weighted by atomic mass is 9.99. The number of esters is 1. The van der Waals surface area contributed by atoms with E-state index in [4.69, 9.17) is 4.74 Å². The monoisotopic (exact) mass is 407 g/mol. The summed E-state index contributed by atoms with van der Waals surface area (Å²) in [6.45, 7) is 4.09. The lowest BCUT2D eigenvalue weighted by Crippen LogP contribution is -2.16. The van der Waals surface area contributed by atoms with Gasteiger partial charge in [-0.2, -0.15) is 0 Å². The molecule has 1 aromatic heterocycles. The number of anilines is 1. The third kappa shape index (κ3) is 5.33. The summed E-state index contributed by atoms with van der Waals surface area (Å²) in [6.07, 6.45) is 2.42. The topological polar surface area (TPSA) is 55.4 Å². The molecule has 5 heteroatoms. The van der Waals surface area contributed by atoms with Gasteiger partial charge in [0.05, 0.1) is 12.2 Å². The summed E-state index contributed by atoms with van der Waals surface area (Å²) >= 11 is 1.42. The molecule has 1 amide bonds. The molecular formula is C24H25NO3S. The average molecular weight is 408 g/mol. The number of aryl methyl sites for hydroxylation is 3. The first kappa shape index (κ1) is 20.8. The number of hydrogen-bond acceptors (Lipinski definition) is 4. The fraction of sp³-hybridized carbons (Fsp3) is 0.250. The molecule has 0 saturated heterocycles. The maximum atomic E-state index is 13.0. The predicted molar refractivity (Wildman–Crippen MR) is 118 cm³/mol. The Hall–Kier alpha value is -2.92. The van der Waals surface area contributed by atoms with Crippen LogP contribution in [0.15, 0.2) is 60.7 Å². The molecule has 0 aliphatic rings. The second-order valence-electron chi connectivity index (χ2n) is 6.63. The predicted octanol–water partition coefficient (Wildman–Crippen LogP) is 5.52. The molecule has 0 saturated carbocycles. The van der Waals surface area contributed by atoms with Crippen molar-refractivity contribution in [3.63, 3.8) is 0 Å². The van der Waals surface area contributed by atoms with Crippen molar-refractivity contribution in [2.24, 2.45) is 0 Å². The molecule has 2 aromatic carbocycles. The van der Waals surface area contributed by atoms with Gasteiger partial charge in [0, 0.05) is 10.4 Å². The van der Waals surface area contributed by atoms with Crippen LogP contribution in [0.4, 0.5) is 5.00 Å². The molecule has 0 aliphatic heterocycles. The Morgan fingerprint density at radius 3 is 2.38 bits per heavy atom. The summed E-state index contributed by atoms with van der Waals surface area (Å²) < 4.78 is 5.14. The molecule has 0 unspecified atom stereocenters. The summed E-state index contributed by atoms with van der Waals surface area (Å²) in [4.78, 5) is 26.3. The van der Waals surface area contributed by atoms with Crippen LogP contribution in [0.1, 0.15) is 50.6 Å². The maximum absolute atomic E-state index is 13.0. The Labute approximate surface area is 175 Å². The number of benzene rings is 2. The van der Waals surface area contributed by atoms with E-state index in [0.29, 0.717) is 22.7 Å². The zero-order chi connectivity index (χ0) is 20.6. The van der Waals surface area contributed by atoms with Crippen molar-refractivity contribution < 1.29 is 14.3 Å². The minimum absolute atomic E-state index is 0.205. The average Bonchev–Trinajstić information content (AvgIpc) is 3.16. The van der Waals surface area contributed by atoms with Gasteiger partial charge in [-0.05, 0) is 49.4 Å². The molecule has 3 aromatic rings. The molecule has 0 aliphatic carbocycles. The number of rotatable bonds is 8. The fourth-order valence-corrected chi connectivity index (χ4v) is 4.10. The number of ether oxygens (including phenoxy) is 1. The quantitative estimate of drug-likeness (QED) is 0.500. The number of carbonyl (C=O) groups is 2. The molecule has 0 atom stereocenters. The number of nitrogens with one attached hydrogen (secondary N) is 1. The first-order chi connectivity index (χ1) is 14.1. The van der Waals surface area contributed by atoms with E-state index in [1.807, 2.05) is 49.4 Å². The number of carbonyl (C=O) groups excluding carboxylic acids is 2. The Kier molecular flexibility index (Phi) is 7.19. The van der Waals surface area contributed by atoms with Crippen LogP contribution < -0.4 is 5.32 Å². The number of amides is 1. The van der Waals surface area contributed by atoms with E-state index in [0.717, 1.165) is 29.7 Å². The maximum Gasteiger partial charge on any atom is 0.341 e. The molecule has 150 valence electrons. The minimum Gasteiger partial charge on any atom is -0.462 e. The Balaban J connectivity index is 1.79. The zero-order valence-electron chi connectivity index (χ0n) is 16.7. The number of hydrogen-bond donors (Lipinski definition) is 1. The minimum atomic E-state index is -0.406. The molecule has 0 spiro atoms. The normalized spacial score (nSPS) is 10.6. The van der Waals surface area contributed by atoms with Gasteiger partial charge in [0.2, 0.25) is 0 Å². The van der Waals surface area contributed by atoms with Gasteiger partial charge >= 0.3 is 5.97 Å². The van der Waals surface area contributed by atoms with Crippen LogP contribution in [-0.4, -0.2) is 18.5 Å².